The van der Waals surface area contributed by atoms with E-state index in [0.717, 1.165) is 73.1 Å². The molecule has 55 heavy (non-hydrogen) atoms. The van der Waals surface area contributed by atoms with Gasteiger partial charge in [-0.3, -0.25) is 4.99 Å². The lowest BCUT2D eigenvalue weighted by atomic mass is 9.66. The van der Waals surface area contributed by atoms with Crippen molar-refractivity contribution in [2.24, 2.45) is 4.99 Å². The second-order valence-corrected chi connectivity index (χ2v) is 14.0. The molecule has 1 aromatic heterocycles. The van der Waals surface area contributed by atoms with E-state index in [1.807, 2.05) is 61.5 Å². The molecule has 1 spiro atoms. The average molecular weight is 706 g/mol. The highest BCUT2D eigenvalue weighted by atomic mass is 16.5. The molecule has 8 aromatic rings. The molecule has 0 radical (unpaired) electrons. The number of hydrogen-bond donors (Lipinski definition) is 0. The molecular weight excluding hydrogens is 671 g/mol. The zero-order valence-electron chi connectivity index (χ0n) is 30.3. The van der Waals surface area contributed by atoms with Crippen molar-refractivity contribution >= 4 is 18.5 Å². The van der Waals surface area contributed by atoms with Crippen molar-refractivity contribution in [1.29, 1.82) is 0 Å². The summed E-state index contributed by atoms with van der Waals surface area (Å²) in [7, 11) is 0. The molecule has 0 saturated carbocycles. The van der Waals surface area contributed by atoms with E-state index in [1.54, 1.807) is 0 Å². The molecule has 10 rings (SSSR count). The largest absolute Gasteiger partial charge is 0.457 e. The predicted octanol–water partition coefficient (Wildman–Crippen LogP) is 13.0. The highest BCUT2D eigenvalue weighted by molar-refractivity contribution is 5.90. The molecule has 0 N–H and O–H groups in total. The number of fused-ring (bicyclic) bond motifs is 9. The van der Waals surface area contributed by atoms with Crippen LogP contribution in [0.4, 0.5) is 5.69 Å². The van der Waals surface area contributed by atoms with E-state index in [-0.39, 0.29) is 0 Å². The van der Waals surface area contributed by atoms with Crippen LogP contribution in [-0.4, -0.2) is 16.7 Å². The number of nitrogens with zero attached hydrogens (tertiary/aromatic N) is 3. The van der Waals surface area contributed by atoms with E-state index in [2.05, 4.69) is 139 Å². The van der Waals surface area contributed by atoms with Crippen LogP contribution in [0.25, 0.3) is 62.2 Å². The lowest BCUT2D eigenvalue weighted by Crippen LogP contribution is -2.32. The van der Waals surface area contributed by atoms with Crippen LogP contribution in [0.15, 0.2) is 181 Å². The van der Waals surface area contributed by atoms with Crippen LogP contribution in [0.5, 0.6) is 11.5 Å². The van der Waals surface area contributed by atoms with Crippen molar-refractivity contribution in [3.63, 3.8) is 0 Å². The van der Waals surface area contributed by atoms with Crippen LogP contribution in [0.1, 0.15) is 34.7 Å². The third kappa shape index (κ3) is 5.10. The summed E-state index contributed by atoms with van der Waals surface area (Å²) in [6, 6.07) is 59.6. The van der Waals surface area contributed by atoms with Gasteiger partial charge >= 0.3 is 0 Å². The van der Waals surface area contributed by atoms with Crippen LogP contribution in [0.2, 0.25) is 0 Å². The highest BCUT2D eigenvalue weighted by Crippen LogP contribution is 2.62. The molecular formula is C51H35N3O. The summed E-state index contributed by atoms with van der Waals surface area (Å²) in [5.41, 5.74) is 15.2. The number of benzene rings is 7. The molecule has 2 heterocycles. The standard InChI is InChI=1S/C51H35N3O/c1-3-15-40-37(22-14-25-45(40)52-2)35-26-28-43-48(30-35)55-49-31-36(27-29-44(49)51(43)41-23-12-10-20-38(41)39-21-11-13-24-42(39)51)50-53-46(33-16-6-4-7-17-33)32-47(54-50)34-18-8-5-9-19-34/h3-32H,2H2,1H3/b15-3-. The van der Waals surface area contributed by atoms with E-state index in [0.29, 0.717) is 5.82 Å². The monoisotopic (exact) mass is 705 g/mol. The van der Waals surface area contributed by atoms with Crippen molar-refractivity contribution in [2.45, 2.75) is 12.3 Å². The fraction of sp³-hybridized carbons (Fsp3) is 0.0392. The highest BCUT2D eigenvalue weighted by Gasteiger charge is 2.51. The van der Waals surface area contributed by atoms with Gasteiger partial charge < -0.3 is 4.74 Å². The van der Waals surface area contributed by atoms with Gasteiger partial charge in [-0.25, -0.2) is 9.97 Å². The van der Waals surface area contributed by atoms with E-state index in [4.69, 9.17) is 14.7 Å². The molecule has 0 unspecified atom stereocenters. The molecule has 0 bridgehead atoms. The summed E-state index contributed by atoms with van der Waals surface area (Å²) in [6.45, 7) is 5.88. The topological polar surface area (TPSA) is 47.4 Å². The minimum absolute atomic E-state index is 0.605. The van der Waals surface area contributed by atoms with Gasteiger partial charge in [-0.1, -0.05) is 158 Å². The molecule has 1 aliphatic heterocycles. The summed E-state index contributed by atoms with van der Waals surface area (Å²) in [5.74, 6) is 2.22. The molecule has 0 atom stereocenters. The fourth-order valence-electron chi connectivity index (χ4n) is 8.59. The maximum Gasteiger partial charge on any atom is 0.160 e. The minimum atomic E-state index is -0.605. The van der Waals surface area contributed by atoms with Gasteiger partial charge in [-0.05, 0) is 71.3 Å². The number of hydrogen-bond acceptors (Lipinski definition) is 4. The van der Waals surface area contributed by atoms with Crippen LogP contribution >= 0.6 is 0 Å². The third-order valence-electron chi connectivity index (χ3n) is 11.0. The number of rotatable bonds is 6. The Bertz CT molecular complexity index is 2720. The van der Waals surface area contributed by atoms with Crippen LogP contribution < -0.4 is 4.74 Å². The number of allylic oxidation sites excluding steroid dienone is 1. The van der Waals surface area contributed by atoms with Crippen LogP contribution in [-0.2, 0) is 5.41 Å². The Morgan fingerprint density at radius 2 is 1.04 bits per heavy atom. The molecule has 260 valence electrons. The van der Waals surface area contributed by atoms with Crippen molar-refractivity contribution in [3.05, 3.63) is 204 Å². The van der Waals surface area contributed by atoms with Gasteiger partial charge in [-0.15, -0.1) is 0 Å². The van der Waals surface area contributed by atoms with E-state index in [9.17, 15) is 0 Å². The summed E-state index contributed by atoms with van der Waals surface area (Å²) in [5, 5.41) is 0. The Morgan fingerprint density at radius 1 is 0.509 bits per heavy atom. The second-order valence-electron chi connectivity index (χ2n) is 14.0. The first kappa shape index (κ1) is 32.5. The molecule has 4 heteroatoms. The Morgan fingerprint density at radius 3 is 1.62 bits per heavy atom. The van der Waals surface area contributed by atoms with Crippen LogP contribution in [0.3, 0.4) is 0 Å². The summed E-state index contributed by atoms with van der Waals surface area (Å²) in [4.78, 5) is 14.7. The zero-order chi connectivity index (χ0) is 36.9. The van der Waals surface area contributed by atoms with Gasteiger partial charge in [0.1, 0.15) is 11.5 Å². The summed E-state index contributed by atoms with van der Waals surface area (Å²) >= 11 is 0. The number of aliphatic imine (C=N–C) groups is 1. The maximum atomic E-state index is 7.10. The van der Waals surface area contributed by atoms with Crippen molar-refractivity contribution in [1.82, 2.24) is 9.97 Å². The van der Waals surface area contributed by atoms with Gasteiger partial charge in [0.05, 0.1) is 22.5 Å². The fourth-order valence-corrected chi connectivity index (χ4v) is 8.59. The van der Waals surface area contributed by atoms with Crippen molar-refractivity contribution in [2.75, 3.05) is 0 Å². The first-order valence-electron chi connectivity index (χ1n) is 18.6. The Balaban J connectivity index is 1.22. The molecule has 0 amide bonds. The molecule has 2 aliphatic rings. The van der Waals surface area contributed by atoms with Crippen molar-refractivity contribution in [3.8, 4) is 67.7 Å². The lowest BCUT2D eigenvalue weighted by molar-refractivity contribution is 0.437. The molecule has 0 saturated heterocycles. The number of ether oxygens (including phenoxy) is 1. The van der Waals surface area contributed by atoms with Gasteiger partial charge in [-0.2, -0.15) is 0 Å². The molecule has 7 aromatic carbocycles. The van der Waals surface area contributed by atoms with Gasteiger partial charge in [0.25, 0.3) is 0 Å². The molecule has 4 nitrogen and oxygen atoms in total. The summed E-state index contributed by atoms with van der Waals surface area (Å²) in [6.07, 6.45) is 4.14. The summed E-state index contributed by atoms with van der Waals surface area (Å²) < 4.78 is 7.10. The van der Waals surface area contributed by atoms with Gasteiger partial charge in [0, 0.05) is 33.4 Å². The van der Waals surface area contributed by atoms with Gasteiger partial charge in [0.2, 0.25) is 0 Å². The quantitative estimate of drug-likeness (QED) is 0.162. The average Bonchev–Trinajstić information content (AvgIpc) is 3.54. The Kier molecular flexibility index (Phi) is 7.70. The maximum absolute atomic E-state index is 7.10. The Hall–Kier alpha value is -7.17. The Labute approximate surface area is 320 Å². The second kappa shape index (κ2) is 13.0. The SMILES string of the molecule is C=Nc1cccc(-c2ccc3c(c2)Oc2cc(-c4nc(-c5ccccc5)cc(-c5ccccc5)n4)ccc2C32c3ccccc3-c3ccccc32)c1/C=C\C. The minimum Gasteiger partial charge on any atom is -0.457 e. The smallest absolute Gasteiger partial charge is 0.160 e. The molecule has 0 fully saturated rings. The third-order valence-corrected chi connectivity index (χ3v) is 11.0. The predicted molar refractivity (Wildman–Crippen MR) is 225 cm³/mol. The first-order valence-corrected chi connectivity index (χ1v) is 18.6. The zero-order valence-corrected chi connectivity index (χ0v) is 30.3. The van der Waals surface area contributed by atoms with Crippen LogP contribution in [0, 0.1) is 0 Å². The molecule has 1 aliphatic carbocycles. The van der Waals surface area contributed by atoms with E-state index < -0.39 is 5.41 Å². The lowest BCUT2D eigenvalue weighted by Gasteiger charge is -2.39. The number of aromatic nitrogens is 2. The van der Waals surface area contributed by atoms with Crippen molar-refractivity contribution < 1.29 is 4.74 Å². The normalized spacial score (nSPS) is 13.1. The first-order chi connectivity index (χ1) is 27.2. The van der Waals surface area contributed by atoms with E-state index >= 15 is 0 Å². The van der Waals surface area contributed by atoms with E-state index in [1.165, 1.54) is 22.3 Å². The van der Waals surface area contributed by atoms with Gasteiger partial charge in [0.15, 0.2) is 5.82 Å².